The van der Waals surface area contributed by atoms with Crippen molar-refractivity contribution in [2.75, 3.05) is 0 Å². The molecule has 0 bridgehead atoms. The maximum atomic E-state index is 5.92. The van der Waals surface area contributed by atoms with Crippen molar-refractivity contribution in [2.45, 2.75) is 47.2 Å². The second-order valence-corrected chi connectivity index (χ2v) is 5.85. The van der Waals surface area contributed by atoms with Gasteiger partial charge in [0.15, 0.2) is 0 Å². The fourth-order valence-corrected chi connectivity index (χ4v) is 2.12. The van der Waals surface area contributed by atoms with Crippen LogP contribution >= 0.6 is 0 Å². The highest BCUT2D eigenvalue weighted by molar-refractivity contribution is 5.43. The van der Waals surface area contributed by atoms with Crippen molar-refractivity contribution in [2.24, 2.45) is 0 Å². The van der Waals surface area contributed by atoms with E-state index in [1.165, 1.54) is 11.1 Å². The highest BCUT2D eigenvalue weighted by atomic mass is 16.5. The lowest BCUT2D eigenvalue weighted by atomic mass is 10.1. The van der Waals surface area contributed by atoms with E-state index < -0.39 is 0 Å². The summed E-state index contributed by atoms with van der Waals surface area (Å²) in [4.78, 5) is 4.39. The summed E-state index contributed by atoms with van der Waals surface area (Å²) in [7, 11) is 0. The zero-order valence-electron chi connectivity index (χ0n) is 13.5. The Morgan fingerprint density at radius 2 is 1.90 bits per heavy atom. The molecule has 0 saturated heterocycles. The number of aromatic nitrogens is 1. The zero-order chi connectivity index (χ0) is 15.4. The summed E-state index contributed by atoms with van der Waals surface area (Å²) in [6, 6.07) is 8.66. The van der Waals surface area contributed by atoms with Crippen molar-refractivity contribution in [3.63, 3.8) is 0 Å². The third-order valence-corrected chi connectivity index (χ3v) is 3.49. The molecule has 0 unspecified atom stereocenters. The second-order valence-electron chi connectivity index (χ2n) is 5.85. The van der Waals surface area contributed by atoms with Crippen LogP contribution in [0.1, 0.15) is 36.1 Å². The van der Waals surface area contributed by atoms with Crippen LogP contribution in [-0.4, -0.2) is 11.0 Å². The van der Waals surface area contributed by atoms with E-state index in [0.29, 0.717) is 11.9 Å². The number of pyridine rings is 1. The van der Waals surface area contributed by atoms with E-state index in [-0.39, 0.29) is 0 Å². The molecule has 3 nitrogen and oxygen atoms in total. The third kappa shape index (κ3) is 4.30. The van der Waals surface area contributed by atoms with E-state index in [1.54, 1.807) is 0 Å². The first-order chi connectivity index (χ1) is 9.95. The molecule has 21 heavy (non-hydrogen) atoms. The Hall–Kier alpha value is -1.87. The van der Waals surface area contributed by atoms with E-state index in [4.69, 9.17) is 4.74 Å². The van der Waals surface area contributed by atoms with Gasteiger partial charge in [0, 0.05) is 24.8 Å². The Morgan fingerprint density at radius 1 is 1.14 bits per heavy atom. The molecule has 0 saturated carbocycles. The fraction of sp³-hybridized carbons (Fsp3) is 0.389. The van der Waals surface area contributed by atoms with Gasteiger partial charge in [0.05, 0.1) is 0 Å². The Morgan fingerprint density at radius 3 is 2.52 bits per heavy atom. The SMILES string of the molecule is Cc1cc(C)c(C)c(Oc2ccc(CNC(C)C)cn2)c1. The Kier molecular flexibility index (Phi) is 4.97. The van der Waals surface area contributed by atoms with Crippen LogP contribution in [0.2, 0.25) is 0 Å². The molecule has 112 valence electrons. The van der Waals surface area contributed by atoms with Crippen LogP contribution in [0.4, 0.5) is 0 Å². The van der Waals surface area contributed by atoms with E-state index in [2.05, 4.69) is 63.1 Å². The van der Waals surface area contributed by atoms with Gasteiger partial charge in [-0.2, -0.15) is 0 Å². The molecule has 0 aliphatic heterocycles. The minimum absolute atomic E-state index is 0.471. The number of nitrogens with zero attached hydrogens (tertiary/aromatic N) is 1. The summed E-state index contributed by atoms with van der Waals surface area (Å²) in [5.74, 6) is 1.52. The fourth-order valence-electron chi connectivity index (χ4n) is 2.12. The number of ether oxygens (including phenoxy) is 1. The van der Waals surface area contributed by atoms with Gasteiger partial charge in [-0.05, 0) is 49.1 Å². The average Bonchev–Trinajstić information content (AvgIpc) is 2.43. The van der Waals surface area contributed by atoms with Crippen LogP contribution in [0.15, 0.2) is 30.5 Å². The van der Waals surface area contributed by atoms with Crippen molar-refractivity contribution >= 4 is 0 Å². The second kappa shape index (κ2) is 6.72. The van der Waals surface area contributed by atoms with Crippen molar-refractivity contribution in [1.82, 2.24) is 10.3 Å². The number of nitrogens with one attached hydrogen (secondary N) is 1. The quantitative estimate of drug-likeness (QED) is 0.889. The minimum Gasteiger partial charge on any atom is -0.439 e. The summed E-state index contributed by atoms with van der Waals surface area (Å²) in [5.41, 5.74) is 4.76. The lowest BCUT2D eigenvalue weighted by molar-refractivity contribution is 0.458. The van der Waals surface area contributed by atoms with Gasteiger partial charge in [0.25, 0.3) is 0 Å². The van der Waals surface area contributed by atoms with Gasteiger partial charge >= 0.3 is 0 Å². The summed E-state index contributed by atoms with van der Waals surface area (Å²) in [6.07, 6.45) is 1.86. The van der Waals surface area contributed by atoms with Gasteiger partial charge < -0.3 is 10.1 Å². The number of benzene rings is 1. The average molecular weight is 284 g/mol. The van der Waals surface area contributed by atoms with Crippen LogP contribution in [0.3, 0.4) is 0 Å². The molecule has 0 fully saturated rings. The predicted molar refractivity (Wildman–Crippen MR) is 86.9 cm³/mol. The molecule has 0 aliphatic rings. The normalized spacial score (nSPS) is 11.0. The standard InChI is InChI=1S/C18H24N2O/c1-12(2)19-10-16-6-7-18(20-11-16)21-17-9-13(3)8-14(4)15(17)5/h6-9,11-12,19H,10H2,1-5H3. The predicted octanol–water partition coefficient (Wildman–Crippen LogP) is 4.30. The summed E-state index contributed by atoms with van der Waals surface area (Å²) in [5, 5.41) is 3.37. The van der Waals surface area contributed by atoms with Crippen LogP contribution in [0.5, 0.6) is 11.6 Å². The highest BCUT2D eigenvalue weighted by Crippen LogP contribution is 2.27. The van der Waals surface area contributed by atoms with Crippen molar-refractivity contribution in [3.8, 4) is 11.6 Å². The van der Waals surface area contributed by atoms with Gasteiger partial charge in [-0.1, -0.05) is 26.0 Å². The lowest BCUT2D eigenvalue weighted by Crippen LogP contribution is -2.21. The molecule has 1 N–H and O–H groups in total. The first-order valence-corrected chi connectivity index (χ1v) is 7.39. The van der Waals surface area contributed by atoms with Crippen molar-refractivity contribution in [3.05, 3.63) is 52.7 Å². The van der Waals surface area contributed by atoms with Gasteiger partial charge in [0.2, 0.25) is 5.88 Å². The molecule has 1 aromatic carbocycles. The Labute approximate surface area is 127 Å². The molecular weight excluding hydrogens is 260 g/mol. The molecular formula is C18H24N2O. The van der Waals surface area contributed by atoms with Crippen LogP contribution < -0.4 is 10.1 Å². The van der Waals surface area contributed by atoms with E-state index in [1.807, 2.05) is 12.3 Å². The Bertz CT molecular complexity index is 603. The van der Waals surface area contributed by atoms with Crippen molar-refractivity contribution in [1.29, 1.82) is 0 Å². The maximum Gasteiger partial charge on any atom is 0.219 e. The molecule has 0 spiro atoms. The smallest absolute Gasteiger partial charge is 0.219 e. The molecule has 0 aliphatic carbocycles. The molecule has 1 aromatic heterocycles. The van der Waals surface area contributed by atoms with Gasteiger partial charge in [-0.15, -0.1) is 0 Å². The molecule has 0 atom stereocenters. The van der Waals surface area contributed by atoms with Crippen LogP contribution in [0, 0.1) is 20.8 Å². The molecule has 2 aromatic rings. The van der Waals surface area contributed by atoms with Gasteiger partial charge in [0.1, 0.15) is 5.75 Å². The number of hydrogen-bond acceptors (Lipinski definition) is 3. The van der Waals surface area contributed by atoms with Crippen molar-refractivity contribution < 1.29 is 4.74 Å². The zero-order valence-corrected chi connectivity index (χ0v) is 13.5. The third-order valence-electron chi connectivity index (χ3n) is 3.49. The molecule has 0 radical (unpaired) electrons. The van der Waals surface area contributed by atoms with Crippen LogP contribution in [-0.2, 0) is 6.54 Å². The van der Waals surface area contributed by atoms with Gasteiger partial charge in [-0.3, -0.25) is 0 Å². The highest BCUT2D eigenvalue weighted by Gasteiger charge is 2.06. The topological polar surface area (TPSA) is 34.1 Å². The summed E-state index contributed by atoms with van der Waals surface area (Å²) in [6.45, 7) is 11.3. The maximum absolute atomic E-state index is 5.92. The molecule has 0 amide bonds. The first kappa shape index (κ1) is 15.5. The first-order valence-electron chi connectivity index (χ1n) is 7.39. The molecule has 1 heterocycles. The number of rotatable bonds is 5. The van der Waals surface area contributed by atoms with Crippen LogP contribution in [0.25, 0.3) is 0 Å². The summed E-state index contributed by atoms with van der Waals surface area (Å²) >= 11 is 0. The Balaban J connectivity index is 2.10. The molecule has 2 rings (SSSR count). The largest absolute Gasteiger partial charge is 0.439 e. The monoisotopic (exact) mass is 284 g/mol. The number of aryl methyl sites for hydroxylation is 2. The summed E-state index contributed by atoms with van der Waals surface area (Å²) < 4.78 is 5.92. The van der Waals surface area contributed by atoms with E-state index in [0.717, 1.165) is 23.4 Å². The molecule has 3 heteroatoms. The van der Waals surface area contributed by atoms with E-state index in [9.17, 15) is 0 Å². The minimum atomic E-state index is 0.471. The van der Waals surface area contributed by atoms with Gasteiger partial charge in [-0.25, -0.2) is 4.98 Å². The van der Waals surface area contributed by atoms with E-state index >= 15 is 0 Å². The number of hydrogen-bond donors (Lipinski definition) is 1. The lowest BCUT2D eigenvalue weighted by Gasteiger charge is -2.12.